The Labute approximate surface area is 339 Å². The van der Waals surface area contributed by atoms with Gasteiger partial charge in [-0.1, -0.05) is 30.5 Å². The van der Waals surface area contributed by atoms with E-state index in [1.807, 2.05) is 0 Å². The summed E-state index contributed by atoms with van der Waals surface area (Å²) in [6, 6.07) is 7.76. The number of ether oxygens (including phenoxy) is 1. The normalized spacial score (nSPS) is 19.4. The average Bonchev–Trinajstić information content (AvgIpc) is 3.76. The number of pyridine rings is 1. The Hall–Kier alpha value is -5.16. The Kier molecular flexibility index (Phi) is 11.2. The third kappa shape index (κ3) is 8.76. The lowest BCUT2D eigenvalue weighted by atomic mass is 9.93. The van der Waals surface area contributed by atoms with Crippen LogP contribution in [-0.4, -0.2) is 70.4 Å². The summed E-state index contributed by atoms with van der Waals surface area (Å²) in [5.41, 5.74) is -1.54. The van der Waals surface area contributed by atoms with Gasteiger partial charge in [-0.15, -0.1) is 0 Å². The SMILES string of the molecule is C[C@H]1CC(F)(F)c2c1c(C(F)F)nn2CC(=O)N[C@@H](Cc1cc(F)cc(F)c1)c1nc(C#C[C@]2(C)CNCCO2)ccc1-c1ccc(Cl)c2c(NS(C)(=O)=O)nn(C)c12. The van der Waals surface area contributed by atoms with Crippen molar-refractivity contribution in [1.29, 1.82) is 0 Å². The van der Waals surface area contributed by atoms with Crippen LogP contribution in [-0.2, 0) is 45.5 Å². The smallest absolute Gasteiger partial charge is 0.290 e. The molecule has 5 aromatic rings. The van der Waals surface area contributed by atoms with Gasteiger partial charge in [0.15, 0.2) is 5.82 Å². The second-order valence-electron chi connectivity index (χ2n) is 14.8. The van der Waals surface area contributed by atoms with Crippen molar-refractivity contribution >= 4 is 44.3 Å². The number of aromatic nitrogens is 5. The highest BCUT2D eigenvalue weighted by Gasteiger charge is 2.50. The lowest BCUT2D eigenvalue weighted by Gasteiger charge is -2.29. The molecule has 1 aliphatic carbocycles. The van der Waals surface area contributed by atoms with E-state index in [0.29, 0.717) is 47.1 Å². The maximum absolute atomic E-state index is 15.3. The van der Waals surface area contributed by atoms with Crippen molar-refractivity contribution in [2.45, 2.75) is 63.1 Å². The molecule has 0 saturated carbocycles. The average molecular weight is 863 g/mol. The molecule has 1 saturated heterocycles. The lowest BCUT2D eigenvalue weighted by molar-refractivity contribution is -0.122. The number of sulfonamides is 1. The van der Waals surface area contributed by atoms with Crippen LogP contribution in [0.3, 0.4) is 0 Å². The minimum absolute atomic E-state index is 0.0629. The Morgan fingerprint density at radius 3 is 2.47 bits per heavy atom. The molecule has 3 atom stereocenters. The number of carbonyl (C=O) groups is 1. The molecular weight excluding hydrogens is 826 g/mol. The zero-order chi connectivity index (χ0) is 42.6. The highest BCUT2D eigenvalue weighted by atomic mass is 35.5. The van der Waals surface area contributed by atoms with Crippen molar-refractivity contribution in [3.63, 3.8) is 0 Å². The minimum atomic E-state index is -3.83. The molecule has 12 nitrogen and oxygen atoms in total. The number of nitrogens with one attached hydrogen (secondary N) is 3. The van der Waals surface area contributed by atoms with Crippen molar-refractivity contribution in [3.05, 3.63) is 93.0 Å². The van der Waals surface area contributed by atoms with E-state index < -0.39 is 81.8 Å². The van der Waals surface area contributed by atoms with Crippen LogP contribution >= 0.6 is 11.6 Å². The van der Waals surface area contributed by atoms with Gasteiger partial charge in [0.25, 0.3) is 12.3 Å². The fourth-order valence-electron chi connectivity index (χ4n) is 7.66. The standard InChI is InChI=1S/C39H37ClF6N8O4S/c1-20-17-39(45,46)35-30(20)33(36(43)44)50-54(35)18-29(55)49-28(15-21-13-22(41)16-23(42)14-21)32-25(6-5-24(48-32)9-10-38(2)19-47-11-12-58-38)26-7-8-27(40)31-34(26)53(3)51-37(31)52-59(4,56)57/h5-8,13-14,16,20,28,36,47H,11-12,15,17-19H2,1-4H3,(H,49,55)(H,51,52)/t20-,28-,38+/m0/s1. The molecule has 4 heterocycles. The van der Waals surface area contributed by atoms with Crippen LogP contribution in [0, 0.1) is 23.5 Å². The van der Waals surface area contributed by atoms with Gasteiger partial charge in [0.2, 0.25) is 15.9 Å². The predicted octanol–water partition coefficient (Wildman–Crippen LogP) is 6.50. The monoisotopic (exact) mass is 862 g/mol. The highest BCUT2D eigenvalue weighted by Crippen LogP contribution is 2.51. The van der Waals surface area contributed by atoms with Crippen LogP contribution in [0.1, 0.15) is 72.6 Å². The molecule has 2 aromatic carbocycles. The van der Waals surface area contributed by atoms with E-state index in [-0.39, 0.29) is 45.2 Å². The molecule has 0 bridgehead atoms. The van der Waals surface area contributed by atoms with E-state index in [1.54, 1.807) is 32.2 Å². The summed E-state index contributed by atoms with van der Waals surface area (Å²) in [5, 5.41) is 14.4. The Balaban J connectivity index is 1.40. The summed E-state index contributed by atoms with van der Waals surface area (Å²) >= 11 is 6.62. The summed E-state index contributed by atoms with van der Waals surface area (Å²) in [6.45, 7) is 3.68. The molecule has 7 rings (SSSR count). The first kappa shape index (κ1) is 42.0. The summed E-state index contributed by atoms with van der Waals surface area (Å²) in [6.07, 6.45) is -3.32. The quantitative estimate of drug-likeness (QED) is 0.107. The topological polar surface area (TPSA) is 145 Å². The van der Waals surface area contributed by atoms with Crippen molar-refractivity contribution in [1.82, 2.24) is 35.2 Å². The van der Waals surface area contributed by atoms with Crippen molar-refractivity contribution in [3.8, 4) is 23.0 Å². The van der Waals surface area contributed by atoms with Crippen LogP contribution in [0.15, 0.2) is 42.5 Å². The lowest BCUT2D eigenvalue weighted by Crippen LogP contribution is -2.46. The zero-order valence-electron chi connectivity index (χ0n) is 31.9. The van der Waals surface area contributed by atoms with E-state index in [2.05, 4.69) is 37.4 Å². The van der Waals surface area contributed by atoms with Gasteiger partial charge in [0.05, 0.1) is 40.5 Å². The first-order chi connectivity index (χ1) is 27.7. The molecule has 0 unspecified atom stereocenters. The zero-order valence-corrected chi connectivity index (χ0v) is 33.5. The molecule has 3 N–H and O–H groups in total. The van der Waals surface area contributed by atoms with Crippen LogP contribution in [0.4, 0.5) is 32.2 Å². The number of hydrogen-bond donors (Lipinski definition) is 3. The van der Waals surface area contributed by atoms with Crippen LogP contribution < -0.4 is 15.4 Å². The second kappa shape index (κ2) is 15.8. The molecule has 59 heavy (non-hydrogen) atoms. The van der Waals surface area contributed by atoms with Gasteiger partial charge < -0.3 is 15.4 Å². The summed E-state index contributed by atoms with van der Waals surface area (Å²) in [5.74, 6) is -1.33. The number of morpholine rings is 1. The molecule has 0 radical (unpaired) electrons. The number of aryl methyl sites for hydroxylation is 1. The van der Waals surface area contributed by atoms with Gasteiger partial charge >= 0.3 is 0 Å². The van der Waals surface area contributed by atoms with Gasteiger partial charge in [0, 0.05) is 49.3 Å². The second-order valence-corrected chi connectivity index (χ2v) is 17.0. The fraction of sp³-hybridized carbons (Fsp3) is 0.385. The third-order valence-electron chi connectivity index (χ3n) is 10.00. The molecule has 3 aromatic heterocycles. The van der Waals surface area contributed by atoms with Crippen molar-refractivity contribution in [2.75, 3.05) is 30.7 Å². The maximum Gasteiger partial charge on any atom is 0.290 e. The number of rotatable bonds is 10. The van der Waals surface area contributed by atoms with E-state index in [4.69, 9.17) is 21.3 Å². The number of carbonyl (C=O) groups excluding carboxylic acids is 1. The number of halogens is 7. The maximum atomic E-state index is 15.3. The van der Waals surface area contributed by atoms with Gasteiger partial charge in [-0.05, 0) is 61.1 Å². The number of anilines is 1. The molecule has 312 valence electrons. The summed E-state index contributed by atoms with van der Waals surface area (Å²) in [4.78, 5) is 18.9. The summed E-state index contributed by atoms with van der Waals surface area (Å²) < 4.78 is 123. The number of benzene rings is 2. The van der Waals surface area contributed by atoms with Gasteiger partial charge in [-0.3, -0.25) is 18.9 Å². The van der Waals surface area contributed by atoms with E-state index >= 15 is 8.78 Å². The molecule has 20 heteroatoms. The van der Waals surface area contributed by atoms with Crippen molar-refractivity contribution in [2.24, 2.45) is 7.05 Å². The molecule has 0 spiro atoms. The molecular formula is C39H37ClF6N8O4S. The highest BCUT2D eigenvalue weighted by molar-refractivity contribution is 7.92. The van der Waals surface area contributed by atoms with Crippen molar-refractivity contribution < 1.29 is 44.3 Å². The van der Waals surface area contributed by atoms with E-state index in [1.165, 1.54) is 17.7 Å². The number of alkyl halides is 4. The minimum Gasteiger partial charge on any atom is -0.360 e. The van der Waals surface area contributed by atoms with Crippen LogP contribution in [0.2, 0.25) is 5.02 Å². The summed E-state index contributed by atoms with van der Waals surface area (Å²) in [7, 11) is -2.28. The molecule has 2 aliphatic rings. The first-order valence-electron chi connectivity index (χ1n) is 18.3. The Morgan fingerprint density at radius 1 is 1.10 bits per heavy atom. The molecule has 1 amide bonds. The van der Waals surface area contributed by atoms with Gasteiger partial charge in [-0.2, -0.15) is 19.0 Å². The molecule has 1 fully saturated rings. The predicted molar refractivity (Wildman–Crippen MR) is 207 cm³/mol. The van der Waals surface area contributed by atoms with Gasteiger partial charge in [-0.25, -0.2) is 31.0 Å². The van der Waals surface area contributed by atoms with Gasteiger partial charge in [0.1, 0.15) is 40.9 Å². The van der Waals surface area contributed by atoms with Crippen LogP contribution in [0.25, 0.3) is 22.0 Å². The van der Waals surface area contributed by atoms with E-state index in [9.17, 15) is 30.8 Å². The fourth-order valence-corrected chi connectivity index (χ4v) is 8.40. The Bertz CT molecular complexity index is 2630. The molecule has 1 aliphatic heterocycles. The first-order valence-corrected chi connectivity index (χ1v) is 20.5. The Morgan fingerprint density at radius 2 is 1.81 bits per heavy atom. The number of amides is 1. The van der Waals surface area contributed by atoms with E-state index in [0.717, 1.165) is 18.4 Å². The number of nitrogens with zero attached hydrogens (tertiary/aromatic N) is 5. The van der Waals surface area contributed by atoms with Crippen LogP contribution in [0.5, 0.6) is 0 Å². The largest absolute Gasteiger partial charge is 0.360 e. The number of fused-ring (bicyclic) bond motifs is 2. The number of hydrogen-bond acceptors (Lipinski definition) is 8. The third-order valence-corrected chi connectivity index (χ3v) is 10.9.